The third-order valence-corrected chi connectivity index (χ3v) is 2.38. The molecular formula is C10H9Cl2F2NO2. The average molecular weight is 284 g/mol. The zero-order valence-electron chi connectivity index (χ0n) is 8.84. The van der Waals surface area contributed by atoms with Crippen molar-refractivity contribution in [2.75, 3.05) is 6.61 Å². The second-order valence-corrected chi connectivity index (χ2v) is 3.67. The van der Waals surface area contributed by atoms with Crippen molar-refractivity contribution < 1.29 is 18.3 Å². The summed E-state index contributed by atoms with van der Waals surface area (Å²) in [5.74, 6) is -1.07. The maximum atomic E-state index is 12.8. The third kappa shape index (κ3) is 3.26. The molecular weight excluding hydrogens is 275 g/mol. The highest BCUT2D eigenvalue weighted by molar-refractivity contribution is 6.29. The zero-order valence-corrected chi connectivity index (χ0v) is 10.4. The van der Waals surface area contributed by atoms with Gasteiger partial charge in [0.25, 0.3) is 6.43 Å². The lowest BCUT2D eigenvalue weighted by atomic mass is 10.1. The van der Waals surface area contributed by atoms with Crippen molar-refractivity contribution in [2.45, 2.75) is 19.2 Å². The van der Waals surface area contributed by atoms with Gasteiger partial charge in [-0.05, 0) is 13.0 Å². The Labute approximate surface area is 107 Å². The van der Waals surface area contributed by atoms with E-state index in [1.54, 1.807) is 6.92 Å². The first kappa shape index (κ1) is 14.1. The Kier molecular flexibility index (Phi) is 5.08. The molecule has 0 radical (unpaired) electrons. The van der Waals surface area contributed by atoms with Gasteiger partial charge < -0.3 is 4.74 Å². The van der Waals surface area contributed by atoms with Crippen LogP contribution in [0.25, 0.3) is 0 Å². The Bertz CT molecular complexity index is 427. The third-order valence-electron chi connectivity index (χ3n) is 1.93. The maximum absolute atomic E-state index is 12.8. The molecule has 0 atom stereocenters. The van der Waals surface area contributed by atoms with E-state index in [4.69, 9.17) is 23.2 Å². The molecule has 0 spiro atoms. The van der Waals surface area contributed by atoms with Crippen LogP contribution in [0.5, 0.6) is 0 Å². The van der Waals surface area contributed by atoms with Crippen molar-refractivity contribution in [1.29, 1.82) is 0 Å². The fraction of sp³-hybridized carbons (Fsp3) is 0.400. The van der Waals surface area contributed by atoms with Gasteiger partial charge in [0.05, 0.1) is 23.7 Å². The van der Waals surface area contributed by atoms with Crippen molar-refractivity contribution in [2.24, 2.45) is 0 Å². The van der Waals surface area contributed by atoms with Crippen LogP contribution in [0.4, 0.5) is 8.78 Å². The normalized spacial score (nSPS) is 10.7. The molecule has 0 aromatic carbocycles. The molecule has 0 amide bonds. The Morgan fingerprint density at radius 2 is 2.24 bits per heavy atom. The number of aromatic nitrogens is 1. The molecule has 0 aliphatic carbocycles. The number of hydrogen-bond donors (Lipinski definition) is 0. The van der Waals surface area contributed by atoms with Crippen LogP contribution in [-0.4, -0.2) is 17.6 Å². The first-order valence-corrected chi connectivity index (χ1v) is 5.63. The number of ether oxygens (including phenoxy) is 1. The van der Waals surface area contributed by atoms with Gasteiger partial charge in [-0.15, -0.1) is 11.6 Å². The molecule has 3 nitrogen and oxygen atoms in total. The van der Waals surface area contributed by atoms with Crippen LogP contribution in [0.2, 0.25) is 5.15 Å². The summed E-state index contributed by atoms with van der Waals surface area (Å²) >= 11 is 11.1. The molecule has 0 aliphatic heterocycles. The van der Waals surface area contributed by atoms with E-state index < -0.39 is 18.0 Å². The number of hydrogen-bond acceptors (Lipinski definition) is 3. The minimum absolute atomic E-state index is 0.00656. The van der Waals surface area contributed by atoms with E-state index in [0.717, 1.165) is 6.07 Å². The summed E-state index contributed by atoms with van der Waals surface area (Å²) in [4.78, 5) is 15.3. The molecule has 0 saturated heterocycles. The summed E-state index contributed by atoms with van der Waals surface area (Å²) in [5, 5.41) is -0.135. The van der Waals surface area contributed by atoms with Crippen molar-refractivity contribution in [3.63, 3.8) is 0 Å². The van der Waals surface area contributed by atoms with Gasteiger partial charge in [0, 0.05) is 5.56 Å². The second kappa shape index (κ2) is 6.12. The van der Waals surface area contributed by atoms with Crippen molar-refractivity contribution in [3.8, 4) is 0 Å². The number of carbonyl (C=O) groups is 1. The number of nitrogens with zero attached hydrogens (tertiary/aromatic N) is 1. The van der Waals surface area contributed by atoms with Gasteiger partial charge in [-0.2, -0.15) is 0 Å². The summed E-state index contributed by atoms with van der Waals surface area (Å²) in [5.41, 5.74) is -0.826. The molecule has 0 aliphatic rings. The SMILES string of the molecule is CCOC(=O)c1c(C(F)F)cc(Cl)nc1CCl. The number of alkyl halides is 3. The van der Waals surface area contributed by atoms with E-state index in [1.165, 1.54) is 0 Å². The number of halogens is 4. The molecule has 1 aromatic rings. The number of rotatable bonds is 4. The molecule has 0 saturated carbocycles. The summed E-state index contributed by atoms with van der Waals surface area (Å²) in [6.07, 6.45) is -2.85. The molecule has 1 rings (SSSR count). The van der Waals surface area contributed by atoms with Gasteiger partial charge in [-0.1, -0.05) is 11.6 Å². The fourth-order valence-electron chi connectivity index (χ4n) is 1.29. The van der Waals surface area contributed by atoms with Crippen molar-refractivity contribution in [1.82, 2.24) is 4.98 Å². The molecule has 0 unspecified atom stereocenters. The molecule has 7 heteroatoms. The van der Waals surface area contributed by atoms with Crippen LogP contribution in [-0.2, 0) is 10.6 Å². The van der Waals surface area contributed by atoms with Gasteiger partial charge in [0.1, 0.15) is 5.15 Å². The monoisotopic (exact) mass is 283 g/mol. The average Bonchev–Trinajstić information content (AvgIpc) is 2.27. The quantitative estimate of drug-likeness (QED) is 0.482. The lowest BCUT2D eigenvalue weighted by molar-refractivity contribution is 0.0513. The lowest BCUT2D eigenvalue weighted by Gasteiger charge is -2.11. The summed E-state index contributed by atoms with van der Waals surface area (Å²) in [7, 11) is 0. The van der Waals surface area contributed by atoms with Crippen molar-refractivity contribution >= 4 is 29.2 Å². The smallest absolute Gasteiger partial charge is 0.340 e. The number of carbonyl (C=O) groups excluding carboxylic acids is 1. The van der Waals surface area contributed by atoms with E-state index in [9.17, 15) is 13.6 Å². The van der Waals surface area contributed by atoms with E-state index in [-0.39, 0.29) is 28.9 Å². The lowest BCUT2D eigenvalue weighted by Crippen LogP contribution is -2.13. The minimum atomic E-state index is -2.85. The number of pyridine rings is 1. The molecule has 0 bridgehead atoms. The van der Waals surface area contributed by atoms with Crippen LogP contribution in [0.15, 0.2) is 6.07 Å². The van der Waals surface area contributed by atoms with E-state index in [1.807, 2.05) is 0 Å². The molecule has 0 fully saturated rings. The Morgan fingerprint density at radius 1 is 1.59 bits per heavy atom. The Balaban J connectivity index is 3.36. The molecule has 0 N–H and O–H groups in total. The standard InChI is InChI=1S/C10H9Cl2F2NO2/c1-2-17-10(16)8-5(9(13)14)3-7(12)15-6(8)4-11/h3,9H,2,4H2,1H3. The highest BCUT2D eigenvalue weighted by Crippen LogP contribution is 2.28. The maximum Gasteiger partial charge on any atom is 0.340 e. The van der Waals surface area contributed by atoms with Gasteiger partial charge >= 0.3 is 5.97 Å². The summed E-state index contributed by atoms with van der Waals surface area (Å²) in [6, 6.07) is 0.939. The predicted octanol–water partition coefficient (Wildman–Crippen LogP) is 3.59. The van der Waals surface area contributed by atoms with E-state index in [2.05, 4.69) is 9.72 Å². The predicted molar refractivity (Wildman–Crippen MR) is 59.7 cm³/mol. The Morgan fingerprint density at radius 3 is 2.71 bits per heavy atom. The Hall–Kier alpha value is -0.940. The van der Waals surface area contributed by atoms with Gasteiger partial charge in [0.2, 0.25) is 0 Å². The first-order valence-electron chi connectivity index (χ1n) is 4.71. The molecule has 1 aromatic heterocycles. The van der Waals surface area contributed by atoms with E-state index >= 15 is 0 Å². The number of esters is 1. The molecule has 94 valence electrons. The zero-order chi connectivity index (χ0) is 13.0. The topological polar surface area (TPSA) is 39.2 Å². The molecule has 1 heterocycles. The highest BCUT2D eigenvalue weighted by atomic mass is 35.5. The van der Waals surface area contributed by atoms with Crippen LogP contribution < -0.4 is 0 Å². The van der Waals surface area contributed by atoms with Gasteiger partial charge in [-0.3, -0.25) is 0 Å². The highest BCUT2D eigenvalue weighted by Gasteiger charge is 2.24. The van der Waals surface area contributed by atoms with Gasteiger partial charge in [-0.25, -0.2) is 18.6 Å². The first-order chi connectivity index (χ1) is 8.01. The van der Waals surface area contributed by atoms with Gasteiger partial charge in [0.15, 0.2) is 0 Å². The molecule has 17 heavy (non-hydrogen) atoms. The van der Waals surface area contributed by atoms with Crippen LogP contribution >= 0.6 is 23.2 Å². The van der Waals surface area contributed by atoms with Crippen molar-refractivity contribution in [3.05, 3.63) is 28.0 Å². The largest absolute Gasteiger partial charge is 0.462 e. The summed E-state index contributed by atoms with van der Waals surface area (Å²) in [6.45, 7) is 1.65. The van der Waals surface area contributed by atoms with Crippen LogP contribution in [0.1, 0.15) is 35.0 Å². The van der Waals surface area contributed by atoms with E-state index in [0.29, 0.717) is 0 Å². The van der Waals surface area contributed by atoms with Crippen LogP contribution in [0, 0.1) is 0 Å². The summed E-state index contributed by atoms with van der Waals surface area (Å²) < 4.78 is 30.3. The van der Waals surface area contributed by atoms with Crippen LogP contribution in [0.3, 0.4) is 0 Å². The second-order valence-electron chi connectivity index (χ2n) is 3.01. The minimum Gasteiger partial charge on any atom is -0.462 e. The fourth-order valence-corrected chi connectivity index (χ4v) is 1.70.